The van der Waals surface area contributed by atoms with E-state index in [1.807, 2.05) is 41.3 Å². The van der Waals surface area contributed by atoms with Gasteiger partial charge in [0.15, 0.2) is 6.61 Å². The molecule has 3 heterocycles. The Morgan fingerprint density at radius 2 is 2.03 bits per heavy atom. The van der Waals surface area contributed by atoms with Crippen molar-refractivity contribution in [3.8, 4) is 11.4 Å². The lowest BCUT2D eigenvalue weighted by molar-refractivity contribution is -0.134. The number of para-hydroxylation sites is 2. The van der Waals surface area contributed by atoms with Gasteiger partial charge in [-0.05, 0) is 59.7 Å². The fraction of sp³-hybridized carbons (Fsp3) is 0.286. The summed E-state index contributed by atoms with van der Waals surface area (Å²) in [4.78, 5) is 22.7. The van der Waals surface area contributed by atoms with Gasteiger partial charge < -0.3 is 14.6 Å². The molecule has 0 aliphatic carbocycles. The maximum absolute atomic E-state index is 12.7. The molecule has 0 radical (unpaired) electrons. The number of likely N-dealkylation sites (tertiary alicyclic amines) is 1. The Morgan fingerprint density at radius 1 is 1.17 bits per heavy atom. The molecule has 5 rings (SSSR count). The van der Waals surface area contributed by atoms with Crippen LogP contribution in [-0.4, -0.2) is 60.7 Å². The lowest BCUT2D eigenvalue weighted by Crippen LogP contribution is -2.41. The molecule has 0 bridgehead atoms. The summed E-state index contributed by atoms with van der Waals surface area (Å²) in [7, 11) is 0. The molecule has 4 aromatic rings. The first-order valence-electron chi connectivity index (χ1n) is 9.95. The van der Waals surface area contributed by atoms with Crippen LogP contribution in [0, 0.1) is 0 Å². The van der Waals surface area contributed by atoms with Crippen molar-refractivity contribution in [1.29, 1.82) is 0 Å². The third-order valence-corrected chi connectivity index (χ3v) is 5.38. The average molecular weight is 403 g/mol. The Bertz CT molecular complexity index is 1100. The number of aromatic amines is 1. The van der Waals surface area contributed by atoms with Gasteiger partial charge in [-0.25, -0.2) is 9.67 Å². The first-order valence-corrected chi connectivity index (χ1v) is 9.95. The van der Waals surface area contributed by atoms with Crippen molar-refractivity contribution >= 4 is 16.9 Å². The molecule has 1 aliphatic heterocycles. The molecule has 1 saturated heterocycles. The molecule has 152 valence electrons. The zero-order chi connectivity index (χ0) is 20.3. The highest BCUT2D eigenvalue weighted by Crippen LogP contribution is 2.27. The molecule has 1 N–H and O–H groups in total. The van der Waals surface area contributed by atoms with Gasteiger partial charge in [-0.3, -0.25) is 4.79 Å². The van der Waals surface area contributed by atoms with Gasteiger partial charge in [-0.15, -0.1) is 5.10 Å². The van der Waals surface area contributed by atoms with E-state index in [9.17, 15) is 4.79 Å². The number of H-pyrrole nitrogens is 1. The fourth-order valence-corrected chi connectivity index (χ4v) is 3.80. The smallest absolute Gasteiger partial charge is 0.260 e. The summed E-state index contributed by atoms with van der Waals surface area (Å²) < 4.78 is 7.26. The minimum atomic E-state index is -0.0136. The minimum Gasteiger partial charge on any atom is -0.484 e. The predicted molar refractivity (Wildman–Crippen MR) is 109 cm³/mol. The summed E-state index contributed by atoms with van der Waals surface area (Å²) >= 11 is 0. The number of tetrazole rings is 1. The third-order valence-electron chi connectivity index (χ3n) is 5.38. The second-order valence-electron chi connectivity index (χ2n) is 7.36. The molecule has 0 spiro atoms. The van der Waals surface area contributed by atoms with Gasteiger partial charge in [-0.1, -0.05) is 12.1 Å². The number of piperidine rings is 1. The number of nitrogens with zero attached hydrogens (tertiary/aromatic N) is 6. The van der Waals surface area contributed by atoms with E-state index in [0.29, 0.717) is 12.3 Å². The zero-order valence-corrected chi connectivity index (χ0v) is 16.3. The van der Waals surface area contributed by atoms with Gasteiger partial charge in [0, 0.05) is 19.0 Å². The average Bonchev–Trinajstić information content (AvgIpc) is 3.48. The van der Waals surface area contributed by atoms with E-state index in [0.717, 1.165) is 41.9 Å². The van der Waals surface area contributed by atoms with Crippen LogP contribution in [0.1, 0.15) is 24.6 Å². The molecule has 0 saturated carbocycles. The maximum atomic E-state index is 12.7. The molecule has 2 aromatic heterocycles. The largest absolute Gasteiger partial charge is 0.484 e. The summed E-state index contributed by atoms with van der Waals surface area (Å²) in [5.74, 6) is 1.78. The molecule has 1 fully saturated rings. The summed E-state index contributed by atoms with van der Waals surface area (Å²) in [5.41, 5.74) is 2.82. The van der Waals surface area contributed by atoms with E-state index in [1.165, 1.54) is 6.33 Å². The first-order chi connectivity index (χ1) is 14.8. The van der Waals surface area contributed by atoms with Crippen molar-refractivity contribution < 1.29 is 9.53 Å². The molecular weight excluding hydrogens is 382 g/mol. The van der Waals surface area contributed by atoms with Crippen LogP contribution in [0.15, 0.2) is 54.9 Å². The predicted octanol–water partition coefficient (Wildman–Crippen LogP) is 2.32. The van der Waals surface area contributed by atoms with Crippen LogP contribution in [0.5, 0.6) is 5.75 Å². The quantitative estimate of drug-likeness (QED) is 0.549. The zero-order valence-electron chi connectivity index (χ0n) is 16.3. The first kappa shape index (κ1) is 18.3. The summed E-state index contributed by atoms with van der Waals surface area (Å²) in [5, 5.41) is 11.1. The molecule has 1 atom stereocenters. The Balaban J connectivity index is 1.19. The van der Waals surface area contributed by atoms with Crippen molar-refractivity contribution in [2.75, 3.05) is 19.7 Å². The number of benzene rings is 2. The number of carbonyl (C=O) groups is 1. The van der Waals surface area contributed by atoms with E-state index in [-0.39, 0.29) is 18.4 Å². The fourth-order valence-electron chi connectivity index (χ4n) is 3.80. The number of imidazole rings is 1. The van der Waals surface area contributed by atoms with E-state index >= 15 is 0 Å². The van der Waals surface area contributed by atoms with Gasteiger partial charge in [0.25, 0.3) is 5.91 Å². The summed E-state index contributed by atoms with van der Waals surface area (Å²) in [6.45, 7) is 1.41. The van der Waals surface area contributed by atoms with Crippen molar-refractivity contribution in [2.45, 2.75) is 18.8 Å². The number of ether oxygens (including phenoxy) is 1. The minimum absolute atomic E-state index is 0.0110. The van der Waals surface area contributed by atoms with Crippen LogP contribution in [0.4, 0.5) is 0 Å². The lowest BCUT2D eigenvalue weighted by Gasteiger charge is -2.31. The van der Waals surface area contributed by atoms with Crippen LogP contribution in [0.25, 0.3) is 16.7 Å². The molecule has 9 heteroatoms. The molecule has 2 aromatic carbocycles. The molecule has 1 aliphatic rings. The van der Waals surface area contributed by atoms with Crippen LogP contribution in [0.2, 0.25) is 0 Å². The Kier molecular flexibility index (Phi) is 4.84. The van der Waals surface area contributed by atoms with Gasteiger partial charge in [0.05, 0.1) is 16.7 Å². The third kappa shape index (κ3) is 3.73. The lowest BCUT2D eigenvalue weighted by atomic mass is 9.97. The van der Waals surface area contributed by atoms with E-state index in [4.69, 9.17) is 9.72 Å². The number of fused-ring (bicyclic) bond motifs is 1. The summed E-state index contributed by atoms with van der Waals surface area (Å²) in [6, 6.07) is 15.3. The number of aromatic nitrogens is 6. The van der Waals surface area contributed by atoms with Crippen LogP contribution < -0.4 is 4.74 Å². The second kappa shape index (κ2) is 7.94. The summed E-state index contributed by atoms with van der Waals surface area (Å²) in [6.07, 6.45) is 3.49. The Hall–Kier alpha value is -3.75. The molecule has 1 unspecified atom stereocenters. The van der Waals surface area contributed by atoms with Crippen molar-refractivity contribution in [3.05, 3.63) is 60.7 Å². The standard InChI is InChI=1S/C21H21N7O2/c29-20(13-30-17-9-7-16(8-10-17)28-14-22-25-26-28)27-11-3-4-15(12-27)21-23-18-5-1-2-6-19(18)24-21/h1-2,5-10,14-15H,3-4,11-13H2,(H,23,24). The van der Waals surface area contributed by atoms with Gasteiger partial charge in [0.1, 0.15) is 17.9 Å². The SMILES string of the molecule is O=C(COc1ccc(-n2cnnn2)cc1)N1CCCC(c2nc3ccccc3[nH]2)C1. The van der Waals surface area contributed by atoms with E-state index in [1.54, 1.807) is 16.8 Å². The molecule has 1 amide bonds. The number of nitrogens with one attached hydrogen (secondary N) is 1. The highest BCUT2D eigenvalue weighted by Gasteiger charge is 2.27. The van der Waals surface area contributed by atoms with Crippen molar-refractivity contribution in [1.82, 2.24) is 35.1 Å². The number of carbonyl (C=O) groups excluding carboxylic acids is 1. The molecular formula is C21H21N7O2. The van der Waals surface area contributed by atoms with Gasteiger partial charge in [0.2, 0.25) is 0 Å². The number of hydrogen-bond donors (Lipinski definition) is 1. The van der Waals surface area contributed by atoms with Crippen LogP contribution in [-0.2, 0) is 4.79 Å². The molecule has 9 nitrogen and oxygen atoms in total. The van der Waals surface area contributed by atoms with E-state index < -0.39 is 0 Å². The number of rotatable bonds is 5. The van der Waals surface area contributed by atoms with Gasteiger partial charge in [-0.2, -0.15) is 0 Å². The number of hydrogen-bond acceptors (Lipinski definition) is 6. The topological polar surface area (TPSA) is 102 Å². The second-order valence-corrected chi connectivity index (χ2v) is 7.36. The highest BCUT2D eigenvalue weighted by molar-refractivity contribution is 5.78. The van der Waals surface area contributed by atoms with E-state index in [2.05, 4.69) is 20.5 Å². The van der Waals surface area contributed by atoms with Crippen LogP contribution >= 0.6 is 0 Å². The van der Waals surface area contributed by atoms with Crippen molar-refractivity contribution in [2.24, 2.45) is 0 Å². The van der Waals surface area contributed by atoms with Crippen LogP contribution in [0.3, 0.4) is 0 Å². The van der Waals surface area contributed by atoms with Crippen molar-refractivity contribution in [3.63, 3.8) is 0 Å². The highest BCUT2D eigenvalue weighted by atomic mass is 16.5. The normalized spacial score (nSPS) is 16.7. The Labute approximate surface area is 172 Å². The monoisotopic (exact) mass is 403 g/mol. The van der Waals surface area contributed by atoms with Gasteiger partial charge >= 0.3 is 0 Å². The maximum Gasteiger partial charge on any atom is 0.260 e. The number of amides is 1. The Morgan fingerprint density at radius 3 is 2.83 bits per heavy atom. The molecule has 30 heavy (non-hydrogen) atoms.